The Kier molecular flexibility index (Phi) is 7.40. The fourth-order valence-electron chi connectivity index (χ4n) is 9.11. The number of furan rings is 1. The van der Waals surface area contributed by atoms with Gasteiger partial charge in [0.2, 0.25) is 17.2 Å². The molecule has 0 amide bonds. The highest BCUT2D eigenvalue weighted by atomic mass is 16.4. The predicted octanol–water partition coefficient (Wildman–Crippen LogP) is 3.71. The molecule has 0 aliphatic heterocycles. The summed E-state index contributed by atoms with van der Waals surface area (Å²) in [5, 5.41) is 104. The summed E-state index contributed by atoms with van der Waals surface area (Å²) in [7, 11) is 4.62. The minimum atomic E-state index is -0.867. The van der Waals surface area contributed by atoms with E-state index in [0.29, 0.717) is 39.4 Å². The number of fused-ring (bicyclic) bond motifs is 10. The normalized spacial score (nSPS) is 12.0. The smallest absolute Gasteiger partial charge is 0.205 e. The van der Waals surface area contributed by atoms with Gasteiger partial charge in [-0.25, -0.2) is 15.0 Å². The van der Waals surface area contributed by atoms with Crippen molar-refractivity contribution < 1.29 is 50.4 Å². The number of aromatic hydroxyl groups is 9. The van der Waals surface area contributed by atoms with Crippen LogP contribution in [-0.2, 0) is 0 Å². The molecule has 0 spiro atoms. The summed E-state index contributed by atoms with van der Waals surface area (Å²) in [6, 6.07) is 25.8. The molecule has 0 fully saturated rings. The summed E-state index contributed by atoms with van der Waals surface area (Å²) in [5.41, 5.74) is 2.77. The second kappa shape index (κ2) is 12.5. The van der Waals surface area contributed by atoms with Crippen LogP contribution >= 0.6 is 0 Å². The molecule has 0 unspecified atom stereocenters. The lowest BCUT2D eigenvalue weighted by Crippen LogP contribution is -2.09. The standard InChI is InChI=1S/C45H29B3N4O10/c46-26-21-24-31(36(57)35(56)28(48)32(24)53)52-29(21)25(22-27(47)34(55)39(60)37(58)30(22)52)41-23(26)20-19(33(54)38(59)40(61)42(20)62-41)17-12-7-13-18(14-17)45-50-43(15-8-3-1-4-9-15)49-44(51-45)16-10-5-2-6-11-16/h1-14,53-61H,46-48H2. The molecule has 17 heteroatoms. The van der Waals surface area contributed by atoms with E-state index in [-0.39, 0.29) is 76.9 Å². The molecule has 9 N–H and O–H groups in total. The summed E-state index contributed by atoms with van der Waals surface area (Å²) in [5.74, 6) is -5.06. The number of phenols is 9. The Balaban J connectivity index is 1.29. The summed E-state index contributed by atoms with van der Waals surface area (Å²) < 4.78 is 7.90. The van der Waals surface area contributed by atoms with Gasteiger partial charge in [0.15, 0.2) is 51.8 Å². The minimum Gasteiger partial charge on any atom is -0.508 e. The average Bonchev–Trinajstić information content (AvgIpc) is 3.97. The van der Waals surface area contributed by atoms with Gasteiger partial charge in [-0.2, -0.15) is 0 Å². The molecule has 4 aromatic heterocycles. The third kappa shape index (κ3) is 4.58. The third-order valence-corrected chi connectivity index (χ3v) is 12.1. The van der Waals surface area contributed by atoms with Gasteiger partial charge in [0.25, 0.3) is 0 Å². The number of nitrogens with zero attached hydrogens (tertiary/aromatic N) is 4. The maximum atomic E-state index is 11.9. The van der Waals surface area contributed by atoms with E-state index in [9.17, 15) is 46.0 Å². The second-order valence-electron chi connectivity index (χ2n) is 15.4. The molecule has 0 saturated carbocycles. The van der Waals surface area contributed by atoms with E-state index in [4.69, 9.17) is 19.4 Å². The molecule has 0 bridgehead atoms. The van der Waals surface area contributed by atoms with Crippen molar-refractivity contribution in [2.45, 2.75) is 0 Å². The van der Waals surface area contributed by atoms with E-state index in [0.717, 1.165) is 11.1 Å². The van der Waals surface area contributed by atoms with Crippen molar-refractivity contribution in [1.29, 1.82) is 0 Å². The summed E-state index contributed by atoms with van der Waals surface area (Å²) in [6.07, 6.45) is 0. The Morgan fingerprint density at radius 3 is 1.50 bits per heavy atom. The number of phenolic OH excluding ortho intramolecular Hbond substituents is 9. The molecule has 0 atom stereocenters. The second-order valence-corrected chi connectivity index (χ2v) is 15.4. The Morgan fingerprint density at radius 1 is 0.371 bits per heavy atom. The fraction of sp³-hybridized carbons (Fsp3) is 0. The highest BCUT2D eigenvalue weighted by molar-refractivity contribution is 6.57. The first-order valence-electron chi connectivity index (χ1n) is 19.3. The first-order chi connectivity index (χ1) is 29.8. The zero-order valence-electron chi connectivity index (χ0n) is 32.8. The highest BCUT2D eigenvalue weighted by Gasteiger charge is 2.35. The van der Waals surface area contributed by atoms with Crippen LogP contribution in [0.15, 0.2) is 89.3 Å². The molecule has 0 aliphatic rings. The topological polar surface area (TPSA) is 238 Å². The van der Waals surface area contributed by atoms with Crippen molar-refractivity contribution in [1.82, 2.24) is 19.4 Å². The van der Waals surface area contributed by atoms with Gasteiger partial charge in [-0.3, -0.25) is 0 Å². The summed E-state index contributed by atoms with van der Waals surface area (Å²) >= 11 is 0. The van der Waals surface area contributed by atoms with Gasteiger partial charge >= 0.3 is 0 Å². The molecule has 11 rings (SSSR count). The van der Waals surface area contributed by atoms with Crippen LogP contribution in [0.2, 0.25) is 0 Å². The predicted molar refractivity (Wildman–Crippen MR) is 243 cm³/mol. The molecule has 4 heterocycles. The molecule has 0 aliphatic carbocycles. The van der Waals surface area contributed by atoms with Gasteiger partial charge in [-0.15, -0.1) is 0 Å². The monoisotopic (exact) mass is 818 g/mol. The average molecular weight is 818 g/mol. The van der Waals surface area contributed by atoms with Crippen molar-refractivity contribution in [3.8, 4) is 97.0 Å². The van der Waals surface area contributed by atoms with Crippen LogP contribution in [0.25, 0.3) is 105 Å². The van der Waals surface area contributed by atoms with Gasteiger partial charge < -0.3 is 54.8 Å². The molecule has 11 aromatic rings. The van der Waals surface area contributed by atoms with E-state index in [2.05, 4.69) is 0 Å². The van der Waals surface area contributed by atoms with Crippen molar-refractivity contribution in [3.63, 3.8) is 0 Å². The molecule has 7 aromatic carbocycles. The number of rotatable bonds is 4. The summed E-state index contributed by atoms with van der Waals surface area (Å²) in [6.45, 7) is 0. The van der Waals surface area contributed by atoms with Crippen LogP contribution in [0.1, 0.15) is 0 Å². The SMILES string of the molecule is Bc1c(O)c(O)c2c(c1O)c1c(B)c3c(oc4c(O)c(O)c(O)c(-c5cccc(-c6nc(-c7ccccc7)nc(-c7ccccc7)n6)c5)c43)c3c4c(B)c(O)c(O)c(O)c4n2c13. The first kappa shape index (κ1) is 36.6. The Bertz CT molecular complexity index is 3730. The van der Waals surface area contributed by atoms with E-state index < -0.39 is 46.0 Å². The molecule has 0 saturated heterocycles. The van der Waals surface area contributed by atoms with Crippen LogP contribution in [0.4, 0.5) is 0 Å². The lowest BCUT2D eigenvalue weighted by molar-refractivity contribution is 0.368. The number of hydrogen-bond acceptors (Lipinski definition) is 13. The van der Waals surface area contributed by atoms with Crippen LogP contribution in [0, 0.1) is 0 Å². The number of aromatic nitrogens is 4. The lowest BCUT2D eigenvalue weighted by atomic mass is 9.81. The van der Waals surface area contributed by atoms with Crippen molar-refractivity contribution in [2.75, 3.05) is 0 Å². The number of hydrogen-bond donors (Lipinski definition) is 9. The van der Waals surface area contributed by atoms with Crippen LogP contribution in [-0.4, -0.2) is 88.9 Å². The maximum absolute atomic E-state index is 11.9. The van der Waals surface area contributed by atoms with E-state index >= 15 is 0 Å². The van der Waals surface area contributed by atoms with Crippen LogP contribution < -0.4 is 16.4 Å². The van der Waals surface area contributed by atoms with E-state index in [1.54, 1.807) is 32.1 Å². The molecule has 298 valence electrons. The van der Waals surface area contributed by atoms with Gasteiger partial charge in [0.1, 0.15) is 45.9 Å². The summed E-state index contributed by atoms with van der Waals surface area (Å²) in [4.78, 5) is 14.5. The Labute approximate surface area is 350 Å². The fourth-order valence-corrected chi connectivity index (χ4v) is 9.11. The van der Waals surface area contributed by atoms with Gasteiger partial charge in [0, 0.05) is 43.8 Å². The third-order valence-electron chi connectivity index (χ3n) is 12.1. The van der Waals surface area contributed by atoms with Crippen LogP contribution in [0.5, 0.6) is 51.7 Å². The molecule has 0 radical (unpaired) electrons. The van der Waals surface area contributed by atoms with Gasteiger partial charge in [-0.05, 0) is 22.6 Å². The Morgan fingerprint density at radius 2 is 0.871 bits per heavy atom. The highest BCUT2D eigenvalue weighted by Crippen LogP contribution is 2.56. The van der Waals surface area contributed by atoms with Crippen molar-refractivity contribution >= 4 is 100.0 Å². The Hall–Kier alpha value is -8.46. The van der Waals surface area contributed by atoms with Crippen molar-refractivity contribution in [2.24, 2.45) is 0 Å². The molecular weight excluding hydrogens is 789 g/mol. The zero-order valence-corrected chi connectivity index (χ0v) is 32.8. The van der Waals surface area contributed by atoms with Crippen LogP contribution in [0.3, 0.4) is 0 Å². The zero-order chi connectivity index (χ0) is 43.2. The van der Waals surface area contributed by atoms with Gasteiger partial charge in [0.05, 0.1) is 16.3 Å². The lowest BCUT2D eigenvalue weighted by Gasteiger charge is -2.13. The molecular formula is C45H29B3N4O10. The first-order valence-corrected chi connectivity index (χ1v) is 19.3. The molecule has 62 heavy (non-hydrogen) atoms. The number of benzene rings is 7. The van der Waals surface area contributed by atoms with Crippen molar-refractivity contribution in [3.05, 3.63) is 84.9 Å². The largest absolute Gasteiger partial charge is 0.508 e. The quantitative estimate of drug-likeness (QED) is 0.0701. The van der Waals surface area contributed by atoms with Gasteiger partial charge in [-0.1, -0.05) is 84.3 Å². The maximum Gasteiger partial charge on any atom is 0.205 e. The molecule has 14 nitrogen and oxygen atoms in total. The van der Waals surface area contributed by atoms with E-state index in [1.807, 2.05) is 60.7 Å². The van der Waals surface area contributed by atoms with E-state index in [1.165, 1.54) is 20.1 Å². The minimum absolute atomic E-state index is 0.0382.